The molecule has 0 spiro atoms. The number of carbonyl (C=O) groups is 1. The van der Waals surface area contributed by atoms with E-state index in [1.807, 2.05) is 0 Å². The molecule has 6 nitrogen and oxygen atoms in total. The van der Waals surface area contributed by atoms with Crippen LogP contribution in [0.2, 0.25) is 0 Å². The molecular weight excluding hydrogens is 755 g/mol. The van der Waals surface area contributed by atoms with Gasteiger partial charge in [0.05, 0.1) is 18.8 Å². The van der Waals surface area contributed by atoms with Gasteiger partial charge >= 0.3 is 0 Å². The number of unbranched alkanes of at least 4 members (excludes halogenated alkanes) is 34. The Morgan fingerprint density at radius 2 is 0.689 bits per heavy atom. The quantitative estimate of drug-likeness (QED) is 0.0309. The van der Waals surface area contributed by atoms with E-state index in [4.69, 9.17) is 0 Å². The molecule has 360 valence electrons. The van der Waals surface area contributed by atoms with Crippen LogP contribution in [-0.4, -0.2) is 57.3 Å². The number of aliphatic hydroxyl groups is 4. The van der Waals surface area contributed by atoms with Gasteiger partial charge in [-0.1, -0.05) is 237 Å². The number of amides is 1. The number of rotatable bonds is 49. The average molecular weight is 860 g/mol. The van der Waals surface area contributed by atoms with Gasteiger partial charge in [-0.15, -0.1) is 0 Å². The predicted molar refractivity (Wildman–Crippen MR) is 265 cm³/mol. The van der Waals surface area contributed by atoms with Gasteiger partial charge in [0.25, 0.3) is 0 Å². The molecule has 61 heavy (non-hydrogen) atoms. The van der Waals surface area contributed by atoms with E-state index in [1.54, 1.807) is 0 Å². The summed E-state index contributed by atoms with van der Waals surface area (Å²) in [6, 6.07) is -1.01. The van der Waals surface area contributed by atoms with Crippen LogP contribution in [0.15, 0.2) is 36.5 Å². The van der Waals surface area contributed by atoms with Crippen molar-refractivity contribution in [3.63, 3.8) is 0 Å². The monoisotopic (exact) mass is 860 g/mol. The van der Waals surface area contributed by atoms with Crippen LogP contribution in [0.25, 0.3) is 0 Å². The highest BCUT2D eigenvalue weighted by Gasteiger charge is 2.28. The molecule has 0 aliphatic rings. The van der Waals surface area contributed by atoms with Crippen molar-refractivity contribution in [2.45, 2.75) is 301 Å². The molecule has 0 aromatic carbocycles. The van der Waals surface area contributed by atoms with Crippen molar-refractivity contribution >= 4 is 5.91 Å². The molecule has 0 fully saturated rings. The lowest BCUT2D eigenvalue weighted by molar-refractivity contribution is -0.132. The Morgan fingerprint density at radius 3 is 1.03 bits per heavy atom. The molecule has 0 radical (unpaired) electrons. The second-order valence-corrected chi connectivity index (χ2v) is 18.6. The summed E-state index contributed by atoms with van der Waals surface area (Å²) in [6.07, 6.45) is 60.6. The first-order valence-corrected chi connectivity index (χ1v) is 26.9. The summed E-state index contributed by atoms with van der Waals surface area (Å²) in [7, 11) is 0. The highest BCUT2D eigenvalue weighted by Crippen LogP contribution is 2.16. The molecule has 0 rings (SSSR count). The van der Waals surface area contributed by atoms with Gasteiger partial charge in [0.1, 0.15) is 12.2 Å². The number of nitrogens with one attached hydrogen (secondary N) is 1. The summed E-state index contributed by atoms with van der Waals surface area (Å²) in [5, 5.41) is 43.9. The Kier molecular flexibility index (Phi) is 48.3. The zero-order valence-corrected chi connectivity index (χ0v) is 40.7. The zero-order valence-electron chi connectivity index (χ0n) is 40.7. The molecule has 5 N–H and O–H groups in total. The highest BCUT2D eigenvalue weighted by atomic mass is 16.3. The molecule has 0 aliphatic carbocycles. The van der Waals surface area contributed by atoms with Crippen LogP contribution in [0.4, 0.5) is 0 Å². The van der Waals surface area contributed by atoms with Crippen LogP contribution in [0.3, 0.4) is 0 Å². The molecule has 4 atom stereocenters. The second kappa shape index (κ2) is 49.5. The maximum Gasteiger partial charge on any atom is 0.249 e. The SMILES string of the molecule is CCCCCCCCCCCCCC/C=C\CCCCCCCCC(O)C(=O)NC(CO)C(O)C(O)CCC/C=C/CC/C=C/CCCCCCCCCCCCCCCC. The third-order valence-electron chi connectivity index (χ3n) is 12.6. The van der Waals surface area contributed by atoms with E-state index in [2.05, 4.69) is 55.6 Å². The van der Waals surface area contributed by atoms with Crippen LogP contribution in [0.1, 0.15) is 277 Å². The molecule has 0 saturated heterocycles. The van der Waals surface area contributed by atoms with Gasteiger partial charge < -0.3 is 25.7 Å². The third-order valence-corrected chi connectivity index (χ3v) is 12.6. The van der Waals surface area contributed by atoms with Crippen LogP contribution in [-0.2, 0) is 4.79 Å². The lowest BCUT2D eigenvalue weighted by Crippen LogP contribution is -2.53. The fraction of sp³-hybridized carbons (Fsp3) is 0.873. The van der Waals surface area contributed by atoms with E-state index >= 15 is 0 Å². The molecule has 0 saturated carbocycles. The zero-order chi connectivity index (χ0) is 44.5. The van der Waals surface area contributed by atoms with Gasteiger partial charge in [-0.3, -0.25) is 4.79 Å². The van der Waals surface area contributed by atoms with Crippen molar-refractivity contribution in [1.29, 1.82) is 0 Å². The first-order chi connectivity index (χ1) is 30.0. The lowest BCUT2D eigenvalue weighted by atomic mass is 10.00. The number of hydrogen-bond donors (Lipinski definition) is 5. The molecule has 4 unspecified atom stereocenters. The lowest BCUT2D eigenvalue weighted by Gasteiger charge is -2.27. The van der Waals surface area contributed by atoms with E-state index in [0.717, 1.165) is 51.4 Å². The van der Waals surface area contributed by atoms with Gasteiger partial charge in [0, 0.05) is 0 Å². The Balaban J connectivity index is 3.72. The molecule has 0 aromatic heterocycles. The van der Waals surface area contributed by atoms with Crippen LogP contribution >= 0.6 is 0 Å². The maximum atomic E-state index is 12.6. The smallest absolute Gasteiger partial charge is 0.249 e. The number of aliphatic hydroxyl groups excluding tert-OH is 4. The minimum atomic E-state index is -1.29. The van der Waals surface area contributed by atoms with Crippen molar-refractivity contribution < 1.29 is 25.2 Å². The fourth-order valence-electron chi connectivity index (χ4n) is 8.30. The standard InChI is InChI=1S/C55H105NO5/c1-3-5-7-9-11-13-15-17-19-21-23-25-27-29-30-32-34-36-38-40-42-44-46-48-52(58)54(60)51(50-57)56-55(61)53(59)49-47-45-43-41-39-37-35-33-31-28-26-24-22-20-18-16-14-12-10-8-6-4-2/h31-34,40,42,51-54,57-60H,3-30,35-39,41,43-50H2,1-2H3,(H,56,61)/b33-31-,34-32+,42-40+. The van der Waals surface area contributed by atoms with Gasteiger partial charge in [0.2, 0.25) is 5.91 Å². The number of allylic oxidation sites excluding steroid dienone is 6. The third kappa shape index (κ3) is 43.6. The van der Waals surface area contributed by atoms with Crippen molar-refractivity contribution in [1.82, 2.24) is 5.32 Å². The largest absolute Gasteiger partial charge is 0.394 e. The molecular formula is C55H105NO5. The summed E-state index contributed by atoms with van der Waals surface area (Å²) < 4.78 is 0. The van der Waals surface area contributed by atoms with Crippen molar-refractivity contribution in [3.05, 3.63) is 36.5 Å². The minimum Gasteiger partial charge on any atom is -0.394 e. The van der Waals surface area contributed by atoms with Crippen molar-refractivity contribution in [2.75, 3.05) is 6.61 Å². The van der Waals surface area contributed by atoms with E-state index in [1.165, 1.54) is 193 Å². The van der Waals surface area contributed by atoms with Gasteiger partial charge in [-0.2, -0.15) is 0 Å². The van der Waals surface area contributed by atoms with E-state index in [-0.39, 0.29) is 0 Å². The Hall–Kier alpha value is -1.47. The Bertz CT molecular complexity index is 966. The number of carbonyl (C=O) groups excluding carboxylic acids is 1. The summed E-state index contributed by atoms with van der Waals surface area (Å²) >= 11 is 0. The first-order valence-electron chi connectivity index (χ1n) is 26.9. The second-order valence-electron chi connectivity index (χ2n) is 18.6. The van der Waals surface area contributed by atoms with Crippen LogP contribution < -0.4 is 5.32 Å². The Morgan fingerprint density at radius 1 is 0.393 bits per heavy atom. The predicted octanol–water partition coefficient (Wildman–Crippen LogP) is 15.2. The summed E-state index contributed by atoms with van der Waals surface area (Å²) in [6.45, 7) is 4.06. The maximum absolute atomic E-state index is 12.6. The van der Waals surface area contributed by atoms with Crippen LogP contribution in [0, 0.1) is 0 Å². The van der Waals surface area contributed by atoms with Crippen molar-refractivity contribution in [2.24, 2.45) is 0 Å². The summed E-state index contributed by atoms with van der Waals surface area (Å²) in [5.74, 6) is -0.600. The van der Waals surface area contributed by atoms with Crippen molar-refractivity contribution in [3.8, 4) is 0 Å². The van der Waals surface area contributed by atoms with Crippen LogP contribution in [0.5, 0.6) is 0 Å². The van der Waals surface area contributed by atoms with Gasteiger partial charge in [-0.25, -0.2) is 0 Å². The summed E-state index contributed by atoms with van der Waals surface area (Å²) in [4.78, 5) is 12.6. The fourth-order valence-corrected chi connectivity index (χ4v) is 8.30. The van der Waals surface area contributed by atoms with E-state index < -0.39 is 36.9 Å². The normalized spacial score (nSPS) is 14.1. The van der Waals surface area contributed by atoms with Gasteiger partial charge in [-0.05, 0) is 77.0 Å². The summed E-state index contributed by atoms with van der Waals surface area (Å²) in [5.41, 5.74) is 0. The molecule has 0 aliphatic heterocycles. The topological polar surface area (TPSA) is 110 Å². The molecule has 0 aromatic rings. The number of hydrogen-bond acceptors (Lipinski definition) is 5. The Labute approximate surface area is 379 Å². The molecule has 6 heteroatoms. The highest BCUT2D eigenvalue weighted by molar-refractivity contribution is 5.80. The average Bonchev–Trinajstić information content (AvgIpc) is 3.26. The van der Waals surface area contributed by atoms with E-state index in [9.17, 15) is 25.2 Å². The molecule has 0 heterocycles. The van der Waals surface area contributed by atoms with E-state index in [0.29, 0.717) is 19.3 Å². The molecule has 0 bridgehead atoms. The minimum absolute atomic E-state index is 0.353. The van der Waals surface area contributed by atoms with Gasteiger partial charge in [0.15, 0.2) is 0 Å². The molecule has 1 amide bonds. The first kappa shape index (κ1) is 59.5.